The maximum absolute atomic E-state index is 2.27. The molecule has 0 aromatic rings. The first-order valence-corrected chi connectivity index (χ1v) is 34.4. The van der Waals surface area contributed by atoms with Gasteiger partial charge in [-0.15, -0.1) is 0 Å². The van der Waals surface area contributed by atoms with Crippen molar-refractivity contribution in [1.29, 1.82) is 0 Å². The van der Waals surface area contributed by atoms with Crippen molar-refractivity contribution in [3.8, 4) is 0 Å². The van der Waals surface area contributed by atoms with E-state index in [1.165, 1.54) is 360 Å². The van der Waals surface area contributed by atoms with Crippen LogP contribution in [0.15, 0.2) is 0 Å². The predicted molar refractivity (Wildman–Crippen MR) is 348 cm³/mol. The molecule has 2 heteroatoms. The van der Waals surface area contributed by atoms with E-state index in [1.807, 2.05) is 0 Å². The molecular weight excluding hydrogens is 869 g/mol. The molecule has 0 unspecified atom stereocenters. The molecule has 0 radical (unpaired) electrons. The van der Waals surface area contributed by atoms with E-state index in [-0.39, 0.29) is 12.3 Å². The fourth-order valence-corrected chi connectivity index (χ4v) is 8.45. The van der Waals surface area contributed by atoms with Crippen LogP contribution in [0.5, 0.6) is 0 Å². The highest BCUT2D eigenvalue weighted by Crippen LogP contribution is 2.12. The van der Waals surface area contributed by atoms with E-state index >= 15 is 0 Å². The van der Waals surface area contributed by atoms with Gasteiger partial charge in [-0.3, -0.25) is 0 Å². The van der Waals surface area contributed by atoms with Crippen molar-refractivity contribution >= 4 is 0 Å². The molecule has 72 heavy (non-hydrogen) atoms. The van der Waals surface area contributed by atoms with Gasteiger partial charge >= 0.3 is 0 Å². The third-order valence-corrected chi connectivity index (χ3v) is 13.7. The molecule has 0 aromatic heterocycles. The Kier molecular flexibility index (Phi) is 141. The predicted octanol–water partition coefficient (Wildman–Crippen LogP) is 29.4. The molecule has 0 aliphatic carbocycles. The second-order valence-electron chi connectivity index (χ2n) is 21.8. The highest BCUT2D eigenvalue weighted by molar-refractivity contribution is 4.48. The molecule has 0 atom stereocenters. The van der Waals surface area contributed by atoms with Crippen molar-refractivity contribution in [3.63, 3.8) is 0 Å². The highest BCUT2D eigenvalue weighted by Gasteiger charge is 1.92. The summed E-state index contributed by atoms with van der Waals surface area (Å²) in [5, 5.41) is 0. The average Bonchev–Trinajstić information content (AvgIpc) is 3.38. The monoisotopic (exact) mass is 1030 g/mol. The Balaban J connectivity index is -0.0000000915. The third-order valence-electron chi connectivity index (χ3n) is 13.7. The van der Waals surface area contributed by atoms with Crippen LogP contribution in [-0.4, -0.2) is 0 Å². The molecular formula is C70H160N2. The average molecular weight is 1030 g/mol. The lowest BCUT2D eigenvalue weighted by Crippen LogP contribution is -1.77. The SMILES string of the molecule is CCCCCCCCCC.CCCCCCCCCC.CCCCCCCCCC.CCCCCCCCCC.CCCCCCCCCC.CCCCCCCCCC.CCCCCCCCCC.N.N. The van der Waals surface area contributed by atoms with Crippen molar-refractivity contribution < 1.29 is 0 Å². The van der Waals surface area contributed by atoms with Gasteiger partial charge in [0, 0.05) is 0 Å². The quantitative estimate of drug-likeness (QED) is 0.0596. The van der Waals surface area contributed by atoms with Crippen LogP contribution in [0, 0.1) is 0 Å². The molecule has 6 N–H and O–H groups in total. The van der Waals surface area contributed by atoms with Crippen LogP contribution >= 0.6 is 0 Å². The minimum Gasteiger partial charge on any atom is -0.344 e. The summed E-state index contributed by atoms with van der Waals surface area (Å²) in [5.74, 6) is 0. The normalized spacial score (nSPS) is 9.92. The molecule has 450 valence electrons. The van der Waals surface area contributed by atoms with Gasteiger partial charge in [0.05, 0.1) is 0 Å². The first-order chi connectivity index (χ1) is 34.4. The van der Waals surface area contributed by atoms with Crippen LogP contribution in [0.2, 0.25) is 0 Å². The lowest BCUT2D eigenvalue weighted by molar-refractivity contribution is 0.585. The molecule has 0 rings (SSSR count). The standard InChI is InChI=1S/7C10H22.2H3N/c7*1-3-5-7-9-10-8-6-4-2;;/h7*3-10H2,1-2H3;2*1H3. The van der Waals surface area contributed by atoms with Crippen LogP contribution in [-0.2, 0) is 0 Å². The molecule has 0 heterocycles. The molecule has 0 bridgehead atoms. The zero-order chi connectivity index (χ0) is 53.6. The second-order valence-corrected chi connectivity index (χ2v) is 21.8. The molecule has 0 aliphatic heterocycles. The Morgan fingerprint density at radius 3 is 0.167 bits per heavy atom. The fraction of sp³-hybridized carbons (Fsp3) is 1.00. The van der Waals surface area contributed by atoms with E-state index < -0.39 is 0 Å². The maximum atomic E-state index is 2.27. The molecule has 0 spiro atoms. The Morgan fingerprint density at radius 1 is 0.0833 bits per heavy atom. The van der Waals surface area contributed by atoms with Gasteiger partial charge in [0.2, 0.25) is 0 Å². The van der Waals surface area contributed by atoms with Crippen LogP contribution in [0.1, 0.15) is 456 Å². The van der Waals surface area contributed by atoms with E-state index in [0.29, 0.717) is 0 Å². The lowest BCUT2D eigenvalue weighted by Gasteiger charge is -1.97. The Labute approximate surface area is 466 Å². The number of hydrogen-bond acceptors (Lipinski definition) is 2. The molecule has 0 saturated carbocycles. The lowest BCUT2D eigenvalue weighted by atomic mass is 10.1. The van der Waals surface area contributed by atoms with Crippen LogP contribution in [0.25, 0.3) is 0 Å². The van der Waals surface area contributed by atoms with Gasteiger partial charge in [-0.1, -0.05) is 456 Å². The Hall–Kier alpha value is -0.0800. The topological polar surface area (TPSA) is 70.0 Å². The van der Waals surface area contributed by atoms with Gasteiger partial charge in [0.25, 0.3) is 0 Å². The summed E-state index contributed by atoms with van der Waals surface area (Å²) in [6, 6.07) is 0. The van der Waals surface area contributed by atoms with E-state index in [9.17, 15) is 0 Å². The van der Waals surface area contributed by atoms with Crippen molar-refractivity contribution in [2.45, 2.75) is 456 Å². The van der Waals surface area contributed by atoms with Crippen LogP contribution in [0.3, 0.4) is 0 Å². The molecule has 0 aromatic carbocycles. The summed E-state index contributed by atoms with van der Waals surface area (Å²) in [5.41, 5.74) is 0. The first-order valence-electron chi connectivity index (χ1n) is 34.4. The summed E-state index contributed by atoms with van der Waals surface area (Å²) in [6.45, 7) is 31.8. The van der Waals surface area contributed by atoms with Gasteiger partial charge in [0.1, 0.15) is 0 Å². The van der Waals surface area contributed by atoms with Crippen molar-refractivity contribution in [2.75, 3.05) is 0 Å². The van der Waals surface area contributed by atoms with Gasteiger partial charge in [-0.05, 0) is 0 Å². The van der Waals surface area contributed by atoms with Gasteiger partial charge < -0.3 is 12.3 Å². The van der Waals surface area contributed by atoms with E-state index in [4.69, 9.17) is 0 Å². The Bertz CT molecular complexity index is 450. The maximum Gasteiger partial charge on any atom is -0.0533 e. The molecule has 2 nitrogen and oxygen atoms in total. The van der Waals surface area contributed by atoms with E-state index in [1.54, 1.807) is 0 Å². The van der Waals surface area contributed by atoms with Gasteiger partial charge in [0.15, 0.2) is 0 Å². The Morgan fingerprint density at radius 2 is 0.125 bits per heavy atom. The van der Waals surface area contributed by atoms with Crippen molar-refractivity contribution in [2.24, 2.45) is 0 Å². The third kappa shape index (κ3) is 139. The molecule has 0 amide bonds. The number of hydrogen-bond donors (Lipinski definition) is 2. The highest BCUT2D eigenvalue weighted by atomic mass is 14.0. The van der Waals surface area contributed by atoms with E-state index in [2.05, 4.69) is 96.9 Å². The smallest absolute Gasteiger partial charge is 0.0533 e. The fourth-order valence-electron chi connectivity index (χ4n) is 8.45. The minimum atomic E-state index is 0. The van der Waals surface area contributed by atoms with E-state index in [0.717, 1.165) is 0 Å². The van der Waals surface area contributed by atoms with Gasteiger partial charge in [-0.25, -0.2) is 0 Å². The molecule has 0 aliphatic rings. The minimum absolute atomic E-state index is 0. The largest absolute Gasteiger partial charge is 0.344 e. The molecule has 0 saturated heterocycles. The summed E-state index contributed by atoms with van der Waals surface area (Å²) >= 11 is 0. The summed E-state index contributed by atoms with van der Waals surface area (Å²) < 4.78 is 0. The number of rotatable bonds is 49. The summed E-state index contributed by atoms with van der Waals surface area (Å²) in [7, 11) is 0. The number of unbranched alkanes of at least 4 members (excludes halogenated alkanes) is 49. The van der Waals surface area contributed by atoms with Crippen LogP contribution < -0.4 is 12.3 Å². The molecule has 0 fully saturated rings. The van der Waals surface area contributed by atoms with Crippen molar-refractivity contribution in [3.05, 3.63) is 0 Å². The zero-order valence-electron chi connectivity index (χ0n) is 55.0. The summed E-state index contributed by atoms with van der Waals surface area (Å²) in [6.07, 6.45) is 80.2. The zero-order valence-corrected chi connectivity index (χ0v) is 55.0. The van der Waals surface area contributed by atoms with Gasteiger partial charge in [-0.2, -0.15) is 0 Å². The van der Waals surface area contributed by atoms with Crippen molar-refractivity contribution in [1.82, 2.24) is 12.3 Å². The first kappa shape index (κ1) is 91.4. The second kappa shape index (κ2) is 111. The van der Waals surface area contributed by atoms with Crippen LogP contribution in [0.4, 0.5) is 0 Å². The summed E-state index contributed by atoms with van der Waals surface area (Å²) in [4.78, 5) is 0.